The number of para-hydroxylation sites is 1. The van der Waals surface area contributed by atoms with Gasteiger partial charge < -0.3 is 9.64 Å². The number of thiazole rings is 1. The van der Waals surface area contributed by atoms with Crippen LogP contribution in [-0.2, 0) is 0 Å². The second-order valence-electron chi connectivity index (χ2n) is 5.45. The lowest BCUT2D eigenvalue weighted by Gasteiger charge is -2.17. The van der Waals surface area contributed by atoms with Gasteiger partial charge in [-0.2, -0.15) is 11.3 Å². The van der Waals surface area contributed by atoms with Crippen LogP contribution in [0, 0.1) is 12.7 Å². The van der Waals surface area contributed by atoms with E-state index < -0.39 is 5.82 Å². The van der Waals surface area contributed by atoms with Gasteiger partial charge in [-0.05, 0) is 30.5 Å². The summed E-state index contributed by atoms with van der Waals surface area (Å²) in [6.45, 7) is 2.42. The number of amides is 1. The third-order valence-corrected chi connectivity index (χ3v) is 5.50. The minimum atomic E-state index is -0.407. The highest BCUT2D eigenvalue weighted by Crippen LogP contribution is 2.30. The van der Waals surface area contributed by atoms with Crippen molar-refractivity contribution in [1.29, 1.82) is 0 Å². The molecule has 4 nitrogen and oxygen atoms in total. The highest BCUT2D eigenvalue weighted by Gasteiger charge is 2.19. The first-order chi connectivity index (χ1) is 12.1. The lowest BCUT2D eigenvalue weighted by molar-refractivity contribution is 0.0776. The molecule has 2 heterocycles. The number of hydrogen-bond acceptors (Lipinski definition) is 5. The summed E-state index contributed by atoms with van der Waals surface area (Å²) in [6, 6.07) is 8.22. The first-order valence-corrected chi connectivity index (χ1v) is 9.45. The highest BCUT2D eigenvalue weighted by molar-refractivity contribution is 7.17. The monoisotopic (exact) mass is 376 g/mol. The maximum atomic E-state index is 13.5. The maximum absolute atomic E-state index is 13.5. The minimum absolute atomic E-state index is 0.103. The van der Waals surface area contributed by atoms with E-state index in [1.165, 1.54) is 17.4 Å². The average molecular weight is 376 g/mol. The van der Waals surface area contributed by atoms with Crippen LogP contribution in [0.25, 0.3) is 10.6 Å². The SMILES string of the molecule is Cc1nc(-c2ccsc2)sc1C(=O)N(C)CCOc1ccccc1F. The summed E-state index contributed by atoms with van der Waals surface area (Å²) in [6.07, 6.45) is 0. The van der Waals surface area contributed by atoms with Gasteiger partial charge in [0.05, 0.1) is 12.2 Å². The van der Waals surface area contributed by atoms with Crippen molar-refractivity contribution >= 4 is 28.6 Å². The van der Waals surface area contributed by atoms with E-state index in [4.69, 9.17) is 4.74 Å². The number of thiophene rings is 1. The Morgan fingerprint density at radius 3 is 2.84 bits per heavy atom. The molecule has 0 bridgehead atoms. The Kier molecular flexibility index (Phi) is 5.45. The zero-order chi connectivity index (χ0) is 17.8. The van der Waals surface area contributed by atoms with Crippen molar-refractivity contribution in [3.8, 4) is 16.3 Å². The van der Waals surface area contributed by atoms with Crippen molar-refractivity contribution in [2.75, 3.05) is 20.2 Å². The Bertz CT molecular complexity index is 862. The summed E-state index contributed by atoms with van der Waals surface area (Å²) in [5, 5.41) is 4.84. The molecule has 130 valence electrons. The van der Waals surface area contributed by atoms with E-state index in [1.54, 1.807) is 41.5 Å². The molecule has 25 heavy (non-hydrogen) atoms. The summed E-state index contributed by atoms with van der Waals surface area (Å²) in [4.78, 5) is 19.3. The Labute approximate surface area is 153 Å². The van der Waals surface area contributed by atoms with Crippen LogP contribution < -0.4 is 4.74 Å². The number of benzene rings is 1. The van der Waals surface area contributed by atoms with Crippen LogP contribution in [-0.4, -0.2) is 36.0 Å². The predicted octanol–water partition coefficient (Wildman–Crippen LogP) is 4.47. The number of aryl methyl sites for hydroxylation is 1. The summed E-state index contributed by atoms with van der Waals surface area (Å²) in [5.41, 5.74) is 1.75. The van der Waals surface area contributed by atoms with Crippen molar-refractivity contribution < 1.29 is 13.9 Å². The smallest absolute Gasteiger partial charge is 0.265 e. The Balaban J connectivity index is 1.62. The van der Waals surface area contributed by atoms with E-state index in [9.17, 15) is 9.18 Å². The maximum Gasteiger partial charge on any atom is 0.265 e. The first kappa shape index (κ1) is 17.6. The second kappa shape index (κ2) is 7.76. The standard InChI is InChI=1S/C18H17FN2O2S2/c1-12-16(25-17(20-12)13-7-10-24-11-13)18(22)21(2)8-9-23-15-6-4-3-5-14(15)19/h3-7,10-11H,8-9H2,1-2H3. The first-order valence-electron chi connectivity index (χ1n) is 7.69. The minimum Gasteiger partial charge on any atom is -0.489 e. The summed E-state index contributed by atoms with van der Waals surface area (Å²) < 4.78 is 18.9. The van der Waals surface area contributed by atoms with Crippen molar-refractivity contribution in [3.05, 3.63) is 57.5 Å². The number of halogens is 1. The van der Waals surface area contributed by atoms with Gasteiger partial charge in [-0.25, -0.2) is 9.37 Å². The summed E-state index contributed by atoms with van der Waals surface area (Å²) >= 11 is 2.99. The molecule has 3 aromatic rings. The molecule has 0 N–H and O–H groups in total. The molecule has 0 saturated carbocycles. The van der Waals surface area contributed by atoms with E-state index in [2.05, 4.69) is 4.98 Å². The quantitative estimate of drug-likeness (QED) is 0.637. The third kappa shape index (κ3) is 4.05. The second-order valence-corrected chi connectivity index (χ2v) is 7.23. The molecule has 0 saturated heterocycles. The van der Waals surface area contributed by atoms with Crippen LogP contribution in [0.1, 0.15) is 15.4 Å². The summed E-state index contributed by atoms with van der Waals surface area (Å²) in [7, 11) is 1.70. The Hall–Kier alpha value is -2.25. The van der Waals surface area contributed by atoms with E-state index in [1.807, 2.05) is 23.8 Å². The van der Waals surface area contributed by atoms with Crippen LogP contribution in [0.3, 0.4) is 0 Å². The van der Waals surface area contributed by atoms with Gasteiger partial charge in [-0.1, -0.05) is 12.1 Å². The number of aromatic nitrogens is 1. The predicted molar refractivity (Wildman–Crippen MR) is 99.0 cm³/mol. The number of rotatable bonds is 6. The molecular weight excluding hydrogens is 359 g/mol. The molecule has 0 atom stereocenters. The molecular formula is C18H17FN2O2S2. The molecule has 0 aliphatic heterocycles. The fourth-order valence-corrected chi connectivity index (χ4v) is 4.01. The lowest BCUT2D eigenvalue weighted by Crippen LogP contribution is -2.30. The van der Waals surface area contributed by atoms with Gasteiger partial charge in [0.25, 0.3) is 5.91 Å². The lowest BCUT2D eigenvalue weighted by atomic mass is 10.3. The van der Waals surface area contributed by atoms with Crippen LogP contribution >= 0.6 is 22.7 Å². The van der Waals surface area contributed by atoms with Gasteiger partial charge >= 0.3 is 0 Å². The largest absolute Gasteiger partial charge is 0.489 e. The number of carbonyl (C=O) groups excluding carboxylic acids is 1. The van der Waals surface area contributed by atoms with Crippen molar-refractivity contribution in [2.24, 2.45) is 0 Å². The molecule has 2 aromatic heterocycles. The molecule has 0 aliphatic carbocycles. The zero-order valence-corrected chi connectivity index (χ0v) is 15.5. The van der Waals surface area contributed by atoms with E-state index >= 15 is 0 Å². The van der Waals surface area contributed by atoms with Crippen LogP contribution in [0.5, 0.6) is 5.75 Å². The number of nitrogens with zero attached hydrogens (tertiary/aromatic N) is 2. The molecule has 7 heteroatoms. The molecule has 1 aromatic carbocycles. The molecule has 3 rings (SSSR count). The van der Waals surface area contributed by atoms with Crippen LogP contribution in [0.4, 0.5) is 4.39 Å². The van der Waals surface area contributed by atoms with Gasteiger partial charge in [-0.3, -0.25) is 4.79 Å². The average Bonchev–Trinajstić information content (AvgIpc) is 3.25. The van der Waals surface area contributed by atoms with E-state index in [0.29, 0.717) is 11.4 Å². The third-order valence-electron chi connectivity index (χ3n) is 3.63. The molecule has 0 spiro atoms. The highest BCUT2D eigenvalue weighted by atomic mass is 32.1. The number of ether oxygens (including phenoxy) is 1. The van der Waals surface area contributed by atoms with E-state index in [-0.39, 0.29) is 18.3 Å². The summed E-state index contributed by atoms with van der Waals surface area (Å²) in [5.74, 6) is -0.319. The van der Waals surface area contributed by atoms with Crippen molar-refractivity contribution in [2.45, 2.75) is 6.92 Å². The van der Waals surface area contributed by atoms with Crippen molar-refractivity contribution in [1.82, 2.24) is 9.88 Å². The Morgan fingerprint density at radius 1 is 1.32 bits per heavy atom. The number of likely N-dealkylation sites (N-methyl/N-ethyl adjacent to an activating group) is 1. The van der Waals surface area contributed by atoms with Gasteiger partial charge in [-0.15, -0.1) is 11.3 Å². The molecule has 0 unspecified atom stereocenters. The van der Waals surface area contributed by atoms with Gasteiger partial charge in [0.15, 0.2) is 11.6 Å². The number of hydrogen-bond donors (Lipinski definition) is 0. The van der Waals surface area contributed by atoms with E-state index in [0.717, 1.165) is 16.3 Å². The topological polar surface area (TPSA) is 42.4 Å². The fourth-order valence-electron chi connectivity index (χ4n) is 2.23. The van der Waals surface area contributed by atoms with Crippen LogP contribution in [0.2, 0.25) is 0 Å². The van der Waals surface area contributed by atoms with Crippen molar-refractivity contribution in [3.63, 3.8) is 0 Å². The fraction of sp³-hybridized carbons (Fsp3) is 0.222. The normalized spacial score (nSPS) is 10.7. The van der Waals surface area contributed by atoms with Crippen LogP contribution in [0.15, 0.2) is 41.1 Å². The number of carbonyl (C=O) groups is 1. The van der Waals surface area contributed by atoms with Gasteiger partial charge in [0.1, 0.15) is 16.5 Å². The van der Waals surface area contributed by atoms with Gasteiger partial charge in [0, 0.05) is 18.0 Å². The zero-order valence-electron chi connectivity index (χ0n) is 13.9. The molecule has 0 fully saturated rings. The molecule has 0 aliphatic rings. The van der Waals surface area contributed by atoms with Gasteiger partial charge in [0.2, 0.25) is 0 Å². The molecule has 1 amide bonds. The Morgan fingerprint density at radius 2 is 2.12 bits per heavy atom. The molecule has 0 radical (unpaired) electrons.